The predicted molar refractivity (Wildman–Crippen MR) is 62.3 cm³/mol. The van der Waals surface area contributed by atoms with Crippen LogP contribution in [0.1, 0.15) is 11.1 Å². The molecular weight excluding hydrogens is 240 g/mol. The van der Waals surface area contributed by atoms with Crippen molar-refractivity contribution in [2.24, 2.45) is 0 Å². The molecule has 0 saturated heterocycles. The summed E-state index contributed by atoms with van der Waals surface area (Å²) in [6.45, 7) is 0. The number of rotatable bonds is 3. The van der Waals surface area contributed by atoms with Crippen molar-refractivity contribution in [1.29, 1.82) is 0 Å². The van der Waals surface area contributed by atoms with Crippen LogP contribution in [0.3, 0.4) is 0 Å². The van der Waals surface area contributed by atoms with Crippen LogP contribution >= 0.6 is 0 Å². The first kappa shape index (κ1) is 12.2. The molecule has 0 N–H and O–H groups in total. The van der Waals surface area contributed by atoms with Gasteiger partial charge in [0.15, 0.2) is 0 Å². The Kier molecular flexibility index (Phi) is 3.32. The largest absolute Gasteiger partial charge is 0.340 e. The second-order valence-corrected chi connectivity index (χ2v) is 3.79. The lowest BCUT2D eigenvalue weighted by atomic mass is 10.0. The van der Waals surface area contributed by atoms with Crippen molar-refractivity contribution in [3.05, 3.63) is 75.3 Å². The summed E-state index contributed by atoms with van der Waals surface area (Å²) in [5.74, 6) is -2.27. The Morgan fingerprint density at radius 3 is 2.33 bits per heavy atom. The number of nitro benzene ring substituents is 1. The molecule has 5 heteroatoms. The molecule has 0 aliphatic rings. The fourth-order valence-electron chi connectivity index (χ4n) is 1.70. The Balaban J connectivity index is 2.41. The highest BCUT2D eigenvalue weighted by molar-refractivity contribution is 5.40. The van der Waals surface area contributed by atoms with Gasteiger partial charge >= 0.3 is 5.69 Å². The molecule has 0 heterocycles. The van der Waals surface area contributed by atoms with E-state index in [1.54, 1.807) is 24.3 Å². The molecule has 0 spiro atoms. The Morgan fingerprint density at radius 2 is 1.72 bits per heavy atom. The third kappa shape index (κ3) is 2.34. The standard InChI is InChI=1S/C13H9F2NO2/c14-11-7-6-10(12(15)13(11)16(17)18)8-9-4-2-1-3-5-9/h1-7H,8H2. The molecule has 2 rings (SSSR count). The highest BCUT2D eigenvalue weighted by Gasteiger charge is 2.23. The fourth-order valence-corrected chi connectivity index (χ4v) is 1.70. The Bertz CT molecular complexity index is 585. The van der Waals surface area contributed by atoms with Crippen molar-refractivity contribution < 1.29 is 13.7 Å². The average Bonchev–Trinajstić information content (AvgIpc) is 2.34. The van der Waals surface area contributed by atoms with Crippen molar-refractivity contribution in [2.45, 2.75) is 6.42 Å². The molecule has 0 saturated carbocycles. The molecule has 0 aliphatic heterocycles. The van der Waals surface area contributed by atoms with Crippen LogP contribution in [0.4, 0.5) is 14.5 Å². The minimum Gasteiger partial charge on any atom is -0.258 e. The SMILES string of the molecule is O=[N+]([O-])c1c(F)ccc(Cc2ccccc2)c1F. The van der Waals surface area contributed by atoms with Gasteiger partial charge in [-0.2, -0.15) is 8.78 Å². The molecule has 0 amide bonds. The van der Waals surface area contributed by atoms with Gasteiger partial charge in [-0.25, -0.2) is 0 Å². The molecule has 0 unspecified atom stereocenters. The topological polar surface area (TPSA) is 43.1 Å². The smallest absolute Gasteiger partial charge is 0.258 e. The van der Waals surface area contributed by atoms with E-state index in [2.05, 4.69) is 0 Å². The molecule has 0 atom stereocenters. The summed E-state index contributed by atoms with van der Waals surface area (Å²) in [6, 6.07) is 11.1. The van der Waals surface area contributed by atoms with Crippen LogP contribution in [0.2, 0.25) is 0 Å². The molecule has 0 fully saturated rings. The molecule has 3 nitrogen and oxygen atoms in total. The lowest BCUT2D eigenvalue weighted by Gasteiger charge is -2.04. The van der Waals surface area contributed by atoms with Crippen LogP contribution in [0.5, 0.6) is 0 Å². The first-order valence-corrected chi connectivity index (χ1v) is 5.25. The first-order valence-electron chi connectivity index (χ1n) is 5.25. The van der Waals surface area contributed by atoms with Gasteiger partial charge in [-0.15, -0.1) is 0 Å². The third-order valence-corrected chi connectivity index (χ3v) is 2.57. The highest BCUT2D eigenvalue weighted by Crippen LogP contribution is 2.25. The minimum absolute atomic E-state index is 0.106. The number of hydrogen-bond acceptors (Lipinski definition) is 2. The highest BCUT2D eigenvalue weighted by atomic mass is 19.1. The first-order chi connectivity index (χ1) is 8.59. The van der Waals surface area contributed by atoms with E-state index >= 15 is 0 Å². The minimum atomic E-state index is -1.16. The van der Waals surface area contributed by atoms with Crippen molar-refractivity contribution in [2.75, 3.05) is 0 Å². The van der Waals surface area contributed by atoms with E-state index in [4.69, 9.17) is 0 Å². The Labute approximate surface area is 102 Å². The summed E-state index contributed by atoms with van der Waals surface area (Å²) in [6.07, 6.45) is 0.188. The lowest BCUT2D eigenvalue weighted by molar-refractivity contribution is -0.390. The van der Waals surface area contributed by atoms with E-state index in [-0.39, 0.29) is 12.0 Å². The van der Waals surface area contributed by atoms with Crippen LogP contribution in [-0.4, -0.2) is 4.92 Å². The second-order valence-electron chi connectivity index (χ2n) is 3.79. The molecule has 0 aromatic heterocycles. The second kappa shape index (κ2) is 4.91. The predicted octanol–water partition coefficient (Wildman–Crippen LogP) is 3.46. The lowest BCUT2D eigenvalue weighted by Crippen LogP contribution is -2.01. The Morgan fingerprint density at radius 1 is 1.06 bits per heavy atom. The van der Waals surface area contributed by atoms with E-state index in [0.29, 0.717) is 0 Å². The molecule has 0 aliphatic carbocycles. The van der Waals surface area contributed by atoms with Crippen LogP contribution in [0, 0.1) is 21.7 Å². The molecular formula is C13H9F2NO2. The van der Waals surface area contributed by atoms with Crippen molar-refractivity contribution in [3.8, 4) is 0 Å². The van der Waals surface area contributed by atoms with Gasteiger partial charge in [0, 0.05) is 6.42 Å². The van der Waals surface area contributed by atoms with E-state index < -0.39 is 22.2 Å². The van der Waals surface area contributed by atoms with E-state index in [0.717, 1.165) is 11.6 Å². The van der Waals surface area contributed by atoms with Gasteiger partial charge in [0.2, 0.25) is 11.6 Å². The molecule has 18 heavy (non-hydrogen) atoms. The summed E-state index contributed by atoms with van der Waals surface area (Å²) in [5.41, 5.74) is -0.185. The zero-order chi connectivity index (χ0) is 13.1. The fraction of sp³-hybridized carbons (Fsp3) is 0.0769. The number of nitro groups is 1. The van der Waals surface area contributed by atoms with Gasteiger partial charge < -0.3 is 0 Å². The molecule has 92 valence electrons. The zero-order valence-corrected chi connectivity index (χ0v) is 9.27. The summed E-state index contributed by atoms with van der Waals surface area (Å²) < 4.78 is 26.9. The van der Waals surface area contributed by atoms with Gasteiger partial charge in [0.05, 0.1) is 4.92 Å². The Hall–Kier alpha value is -2.30. The summed E-state index contributed by atoms with van der Waals surface area (Å²) >= 11 is 0. The maximum absolute atomic E-state index is 13.8. The molecule has 0 radical (unpaired) electrons. The molecule has 0 bridgehead atoms. The van der Waals surface area contributed by atoms with Crippen molar-refractivity contribution in [1.82, 2.24) is 0 Å². The number of hydrogen-bond donors (Lipinski definition) is 0. The monoisotopic (exact) mass is 249 g/mol. The average molecular weight is 249 g/mol. The summed E-state index contributed by atoms with van der Waals surface area (Å²) in [5, 5.41) is 10.6. The van der Waals surface area contributed by atoms with Crippen LogP contribution in [-0.2, 0) is 6.42 Å². The van der Waals surface area contributed by atoms with E-state index in [1.165, 1.54) is 6.07 Å². The summed E-state index contributed by atoms with van der Waals surface area (Å²) in [4.78, 5) is 9.53. The van der Waals surface area contributed by atoms with Gasteiger partial charge in [-0.05, 0) is 17.2 Å². The van der Waals surface area contributed by atoms with Gasteiger partial charge in [0.25, 0.3) is 0 Å². The maximum Gasteiger partial charge on any atom is 0.340 e. The van der Waals surface area contributed by atoms with E-state index in [9.17, 15) is 18.9 Å². The normalized spacial score (nSPS) is 10.3. The van der Waals surface area contributed by atoms with Crippen molar-refractivity contribution >= 4 is 5.69 Å². The number of nitrogens with zero attached hydrogens (tertiary/aromatic N) is 1. The van der Waals surface area contributed by atoms with Gasteiger partial charge in [-0.1, -0.05) is 36.4 Å². The third-order valence-electron chi connectivity index (χ3n) is 2.57. The maximum atomic E-state index is 13.8. The molecule has 2 aromatic carbocycles. The quantitative estimate of drug-likeness (QED) is 0.617. The van der Waals surface area contributed by atoms with Gasteiger partial charge in [0.1, 0.15) is 0 Å². The zero-order valence-electron chi connectivity index (χ0n) is 9.27. The molecule has 2 aromatic rings. The van der Waals surface area contributed by atoms with Crippen molar-refractivity contribution in [3.63, 3.8) is 0 Å². The van der Waals surface area contributed by atoms with Gasteiger partial charge in [-0.3, -0.25) is 10.1 Å². The summed E-state index contributed by atoms with van der Waals surface area (Å²) in [7, 11) is 0. The number of benzene rings is 2. The number of halogens is 2. The van der Waals surface area contributed by atoms with Crippen LogP contribution in [0.15, 0.2) is 42.5 Å². The van der Waals surface area contributed by atoms with Crippen LogP contribution < -0.4 is 0 Å². The van der Waals surface area contributed by atoms with E-state index in [1.807, 2.05) is 6.07 Å². The van der Waals surface area contributed by atoms with Crippen LogP contribution in [0.25, 0.3) is 0 Å².